The maximum absolute atomic E-state index is 13.7. The Morgan fingerprint density at radius 2 is 2.20 bits per heavy atom. The number of rotatable bonds is 6. The summed E-state index contributed by atoms with van der Waals surface area (Å²) in [4.78, 5) is 14.7. The number of hydrogen-bond acceptors (Lipinski definition) is 6. The van der Waals surface area contributed by atoms with Gasteiger partial charge in [0.2, 0.25) is 0 Å². The van der Waals surface area contributed by atoms with Crippen molar-refractivity contribution in [1.29, 1.82) is 0 Å². The van der Waals surface area contributed by atoms with Gasteiger partial charge < -0.3 is 10.1 Å². The Morgan fingerprint density at radius 1 is 1.36 bits per heavy atom. The molecule has 3 rings (SSSR count). The van der Waals surface area contributed by atoms with Crippen LogP contribution in [0.1, 0.15) is 5.56 Å². The second-order valence-electron chi connectivity index (χ2n) is 5.09. The lowest BCUT2D eigenvalue weighted by molar-refractivity contribution is -0.384. The van der Waals surface area contributed by atoms with Gasteiger partial charge in [0.15, 0.2) is 17.4 Å². The summed E-state index contributed by atoms with van der Waals surface area (Å²) in [6.07, 6.45) is 5.02. The van der Waals surface area contributed by atoms with Gasteiger partial charge in [0, 0.05) is 31.2 Å². The van der Waals surface area contributed by atoms with E-state index in [2.05, 4.69) is 15.4 Å². The second kappa shape index (κ2) is 6.95. The van der Waals surface area contributed by atoms with E-state index in [-0.39, 0.29) is 23.7 Å². The zero-order valence-electron chi connectivity index (χ0n) is 13.2. The summed E-state index contributed by atoms with van der Waals surface area (Å²) in [5.41, 5.74) is 0.637. The number of nitro benzene ring substituents is 1. The number of pyridine rings is 1. The Labute approximate surface area is 142 Å². The van der Waals surface area contributed by atoms with Gasteiger partial charge in [-0.25, -0.2) is 14.1 Å². The number of methoxy groups -OCH3 is 1. The molecule has 0 atom stereocenters. The van der Waals surface area contributed by atoms with E-state index in [0.29, 0.717) is 5.82 Å². The van der Waals surface area contributed by atoms with Gasteiger partial charge in [0.1, 0.15) is 5.69 Å². The summed E-state index contributed by atoms with van der Waals surface area (Å²) >= 11 is 0. The van der Waals surface area contributed by atoms with Gasteiger partial charge in [-0.15, -0.1) is 0 Å². The second-order valence-corrected chi connectivity index (χ2v) is 5.09. The quantitative estimate of drug-likeness (QED) is 0.546. The molecule has 0 saturated carbocycles. The van der Waals surface area contributed by atoms with Crippen LogP contribution in [0.5, 0.6) is 5.75 Å². The largest absolute Gasteiger partial charge is 0.494 e. The molecule has 0 fully saturated rings. The average molecular weight is 343 g/mol. The van der Waals surface area contributed by atoms with Crippen LogP contribution in [0, 0.1) is 15.9 Å². The van der Waals surface area contributed by atoms with Gasteiger partial charge in [-0.3, -0.25) is 10.1 Å². The van der Waals surface area contributed by atoms with Crippen LogP contribution in [-0.2, 0) is 6.54 Å². The average Bonchev–Trinajstić information content (AvgIpc) is 3.15. The maximum atomic E-state index is 13.7. The third-order valence-electron chi connectivity index (χ3n) is 3.50. The maximum Gasteiger partial charge on any atom is 0.295 e. The third-order valence-corrected chi connectivity index (χ3v) is 3.50. The molecule has 128 valence electrons. The Hall–Kier alpha value is -3.49. The molecule has 3 aromatic rings. The molecule has 1 aromatic carbocycles. The van der Waals surface area contributed by atoms with E-state index < -0.39 is 10.7 Å². The lowest BCUT2D eigenvalue weighted by Crippen LogP contribution is -2.05. The van der Waals surface area contributed by atoms with Gasteiger partial charge in [0.25, 0.3) is 5.69 Å². The normalized spacial score (nSPS) is 10.5. The molecule has 25 heavy (non-hydrogen) atoms. The predicted molar refractivity (Wildman–Crippen MR) is 88.3 cm³/mol. The highest BCUT2D eigenvalue weighted by Gasteiger charge is 2.19. The summed E-state index contributed by atoms with van der Waals surface area (Å²) in [5.74, 6) is -0.236. The lowest BCUT2D eigenvalue weighted by atomic mass is 10.2. The van der Waals surface area contributed by atoms with E-state index >= 15 is 0 Å². The van der Waals surface area contributed by atoms with E-state index in [0.717, 1.165) is 11.6 Å². The molecule has 0 saturated heterocycles. The summed E-state index contributed by atoms with van der Waals surface area (Å²) < 4.78 is 20.2. The number of benzene rings is 1. The van der Waals surface area contributed by atoms with Gasteiger partial charge in [0.05, 0.1) is 18.1 Å². The van der Waals surface area contributed by atoms with Crippen LogP contribution in [0.15, 0.2) is 48.9 Å². The van der Waals surface area contributed by atoms with Crippen LogP contribution in [0.3, 0.4) is 0 Å². The van der Waals surface area contributed by atoms with Crippen molar-refractivity contribution >= 4 is 11.4 Å². The topological polar surface area (TPSA) is 95.1 Å². The molecule has 0 bridgehead atoms. The van der Waals surface area contributed by atoms with Crippen LogP contribution in [-0.4, -0.2) is 26.8 Å². The van der Waals surface area contributed by atoms with Crippen molar-refractivity contribution in [3.63, 3.8) is 0 Å². The Morgan fingerprint density at radius 3 is 2.88 bits per heavy atom. The first-order chi connectivity index (χ1) is 12.1. The fraction of sp³-hybridized carbons (Fsp3) is 0.125. The summed E-state index contributed by atoms with van der Waals surface area (Å²) in [5, 5.41) is 18.2. The minimum atomic E-state index is -0.787. The van der Waals surface area contributed by atoms with Crippen molar-refractivity contribution in [1.82, 2.24) is 14.8 Å². The molecule has 2 aromatic heterocycles. The zero-order chi connectivity index (χ0) is 17.8. The summed E-state index contributed by atoms with van der Waals surface area (Å²) in [6.45, 7) is 0.284. The molecule has 0 spiro atoms. The van der Waals surface area contributed by atoms with Crippen LogP contribution in [0.25, 0.3) is 5.82 Å². The number of ether oxygens (including phenoxy) is 1. The molecule has 8 nitrogen and oxygen atoms in total. The third kappa shape index (κ3) is 3.55. The number of nitrogens with one attached hydrogen (secondary N) is 1. The minimum Gasteiger partial charge on any atom is -0.494 e. The summed E-state index contributed by atoms with van der Waals surface area (Å²) in [6, 6.07) is 7.45. The van der Waals surface area contributed by atoms with E-state index in [1.54, 1.807) is 41.5 Å². The highest BCUT2D eigenvalue weighted by molar-refractivity contribution is 5.64. The molecule has 0 unspecified atom stereocenters. The van der Waals surface area contributed by atoms with Gasteiger partial charge >= 0.3 is 0 Å². The number of hydrogen-bond donors (Lipinski definition) is 1. The van der Waals surface area contributed by atoms with Crippen LogP contribution < -0.4 is 10.1 Å². The molecule has 0 aliphatic heterocycles. The SMILES string of the molecule is COc1cc(NCc2ccnc(-n3cccn3)c2)c([N+](=O)[O-])cc1F. The molecule has 1 N–H and O–H groups in total. The van der Waals surface area contributed by atoms with E-state index in [9.17, 15) is 14.5 Å². The first-order valence-corrected chi connectivity index (χ1v) is 7.29. The van der Waals surface area contributed by atoms with Crippen molar-refractivity contribution < 1.29 is 14.1 Å². The molecule has 0 aliphatic rings. The van der Waals surface area contributed by atoms with E-state index in [4.69, 9.17) is 4.74 Å². The summed E-state index contributed by atoms with van der Waals surface area (Å²) in [7, 11) is 1.30. The monoisotopic (exact) mass is 343 g/mol. The highest BCUT2D eigenvalue weighted by atomic mass is 19.1. The van der Waals surface area contributed by atoms with Gasteiger partial charge in [-0.05, 0) is 23.8 Å². The fourth-order valence-electron chi connectivity index (χ4n) is 2.29. The van der Waals surface area contributed by atoms with E-state index in [1.807, 2.05) is 0 Å². The zero-order valence-corrected chi connectivity index (χ0v) is 13.2. The molecule has 0 amide bonds. The van der Waals surface area contributed by atoms with Crippen LogP contribution in [0.2, 0.25) is 0 Å². The number of aromatic nitrogens is 3. The van der Waals surface area contributed by atoms with Crippen molar-refractivity contribution in [2.75, 3.05) is 12.4 Å². The highest BCUT2D eigenvalue weighted by Crippen LogP contribution is 2.32. The number of nitrogens with zero attached hydrogens (tertiary/aromatic N) is 4. The molecular weight excluding hydrogens is 329 g/mol. The minimum absolute atomic E-state index is 0.0694. The standard InChI is InChI=1S/C16H14FN5O3/c1-25-15-9-13(14(22(23)24)8-12(15)17)19-10-11-3-5-18-16(7-11)21-6-2-4-20-21/h2-9,19H,10H2,1H3. The fourth-order valence-corrected chi connectivity index (χ4v) is 2.29. The van der Waals surface area contributed by atoms with Crippen molar-refractivity contribution in [2.45, 2.75) is 6.54 Å². The molecule has 0 radical (unpaired) electrons. The molecule has 2 heterocycles. The molecule has 0 aliphatic carbocycles. The van der Waals surface area contributed by atoms with Gasteiger partial charge in [-0.1, -0.05) is 0 Å². The molecular formula is C16H14FN5O3. The smallest absolute Gasteiger partial charge is 0.295 e. The van der Waals surface area contributed by atoms with Crippen molar-refractivity contribution in [3.05, 3.63) is 70.4 Å². The Kier molecular flexibility index (Phi) is 4.55. The van der Waals surface area contributed by atoms with Crippen molar-refractivity contribution in [2.24, 2.45) is 0 Å². The lowest BCUT2D eigenvalue weighted by Gasteiger charge is -2.10. The van der Waals surface area contributed by atoms with Crippen molar-refractivity contribution in [3.8, 4) is 11.6 Å². The Balaban J connectivity index is 1.84. The van der Waals surface area contributed by atoms with E-state index in [1.165, 1.54) is 13.2 Å². The molecule has 9 heteroatoms. The first kappa shape index (κ1) is 16.4. The first-order valence-electron chi connectivity index (χ1n) is 7.29. The number of nitro groups is 1. The predicted octanol–water partition coefficient (Wildman–Crippen LogP) is 2.94. The Bertz CT molecular complexity index is 899. The van der Waals surface area contributed by atoms with Gasteiger partial charge in [-0.2, -0.15) is 5.10 Å². The number of halogens is 1. The number of anilines is 1. The van der Waals surface area contributed by atoms with Crippen LogP contribution >= 0.6 is 0 Å². The van der Waals surface area contributed by atoms with Crippen LogP contribution in [0.4, 0.5) is 15.8 Å².